The van der Waals surface area contributed by atoms with E-state index in [1.165, 1.54) is 16.1 Å². The summed E-state index contributed by atoms with van der Waals surface area (Å²) in [6, 6.07) is 14.6. The van der Waals surface area contributed by atoms with Gasteiger partial charge in [0, 0.05) is 25.2 Å². The van der Waals surface area contributed by atoms with Crippen LogP contribution in [0.25, 0.3) is 10.2 Å². The molecule has 3 aromatic rings. The largest absolute Gasteiger partial charge is 0.297 e. The van der Waals surface area contributed by atoms with Crippen molar-refractivity contribution in [2.45, 2.75) is 18.9 Å². The van der Waals surface area contributed by atoms with Crippen molar-refractivity contribution >= 4 is 21.6 Å². The molecule has 2 aromatic heterocycles. The van der Waals surface area contributed by atoms with Crippen molar-refractivity contribution in [2.24, 2.45) is 0 Å². The Morgan fingerprint density at radius 3 is 2.90 bits per heavy atom. The molecular weight excluding hydrogens is 278 g/mol. The number of fused-ring (bicyclic) bond motifs is 1. The summed E-state index contributed by atoms with van der Waals surface area (Å²) >= 11 is 1.85. The molecule has 1 saturated heterocycles. The van der Waals surface area contributed by atoms with Crippen molar-refractivity contribution in [3.05, 3.63) is 59.4 Å². The molecule has 1 aliphatic rings. The van der Waals surface area contributed by atoms with Crippen LogP contribution in [0.3, 0.4) is 0 Å². The van der Waals surface area contributed by atoms with E-state index in [-0.39, 0.29) is 0 Å². The van der Waals surface area contributed by atoms with E-state index in [4.69, 9.17) is 4.98 Å². The maximum absolute atomic E-state index is 4.81. The van der Waals surface area contributed by atoms with Crippen LogP contribution in [-0.4, -0.2) is 28.0 Å². The lowest BCUT2D eigenvalue weighted by atomic mass is 10.1. The number of hydrogen-bond donors (Lipinski definition) is 0. The Bertz CT molecular complexity index is 705. The number of rotatable bonds is 3. The Balaban J connectivity index is 1.48. The number of nitrogens with zero attached hydrogens (tertiary/aromatic N) is 3. The second-order valence-electron chi connectivity index (χ2n) is 5.56. The van der Waals surface area contributed by atoms with E-state index >= 15 is 0 Å². The van der Waals surface area contributed by atoms with Crippen LogP contribution in [0.2, 0.25) is 0 Å². The molecule has 0 saturated carbocycles. The fourth-order valence-corrected chi connectivity index (χ4v) is 4.06. The highest BCUT2D eigenvalue weighted by molar-refractivity contribution is 7.18. The Morgan fingerprint density at radius 1 is 1.14 bits per heavy atom. The molecule has 3 heterocycles. The average Bonchev–Trinajstić information content (AvgIpc) is 3.14. The molecule has 0 bridgehead atoms. The second kappa shape index (κ2) is 5.54. The van der Waals surface area contributed by atoms with Crippen LogP contribution < -0.4 is 0 Å². The molecule has 1 aliphatic heterocycles. The van der Waals surface area contributed by atoms with Gasteiger partial charge >= 0.3 is 0 Å². The van der Waals surface area contributed by atoms with Crippen molar-refractivity contribution in [3.8, 4) is 0 Å². The second-order valence-corrected chi connectivity index (χ2v) is 6.62. The monoisotopic (exact) mass is 295 g/mol. The lowest BCUT2D eigenvalue weighted by Gasteiger charge is -2.14. The number of aromatic nitrogens is 2. The van der Waals surface area contributed by atoms with E-state index in [1.54, 1.807) is 0 Å². The van der Waals surface area contributed by atoms with Crippen molar-refractivity contribution in [1.82, 2.24) is 14.9 Å². The van der Waals surface area contributed by atoms with Crippen molar-refractivity contribution < 1.29 is 0 Å². The van der Waals surface area contributed by atoms with Gasteiger partial charge in [0.2, 0.25) is 0 Å². The SMILES string of the molecule is c1ccc(CN2CC[C@H](c3nc4ccccc4s3)C2)nc1. The number of pyridine rings is 1. The number of thiazole rings is 1. The van der Waals surface area contributed by atoms with E-state index in [0.717, 1.165) is 30.8 Å². The molecule has 3 nitrogen and oxygen atoms in total. The highest BCUT2D eigenvalue weighted by Crippen LogP contribution is 2.33. The van der Waals surface area contributed by atoms with Gasteiger partial charge in [0.25, 0.3) is 0 Å². The van der Waals surface area contributed by atoms with E-state index in [2.05, 4.69) is 46.3 Å². The normalized spacial score (nSPS) is 19.3. The lowest BCUT2D eigenvalue weighted by Crippen LogP contribution is -2.20. The zero-order chi connectivity index (χ0) is 14.1. The minimum absolute atomic E-state index is 0.575. The van der Waals surface area contributed by atoms with Crippen LogP contribution in [0, 0.1) is 0 Å². The first-order valence-electron chi connectivity index (χ1n) is 7.36. The first-order valence-corrected chi connectivity index (χ1v) is 8.18. The van der Waals surface area contributed by atoms with Crippen LogP contribution in [0.5, 0.6) is 0 Å². The fourth-order valence-electron chi connectivity index (χ4n) is 2.96. The van der Waals surface area contributed by atoms with Crippen LogP contribution in [0.1, 0.15) is 23.0 Å². The molecule has 0 unspecified atom stereocenters. The van der Waals surface area contributed by atoms with Gasteiger partial charge in [-0.25, -0.2) is 4.98 Å². The Morgan fingerprint density at radius 2 is 2.05 bits per heavy atom. The molecule has 0 amide bonds. The van der Waals surface area contributed by atoms with Gasteiger partial charge in [-0.2, -0.15) is 0 Å². The molecule has 106 valence electrons. The Hall–Kier alpha value is -1.78. The van der Waals surface area contributed by atoms with E-state index < -0.39 is 0 Å². The third kappa shape index (κ3) is 2.69. The molecule has 0 radical (unpaired) electrons. The summed E-state index contributed by atoms with van der Waals surface area (Å²) in [4.78, 5) is 11.7. The van der Waals surface area contributed by atoms with Crippen LogP contribution >= 0.6 is 11.3 Å². The molecule has 0 aliphatic carbocycles. The van der Waals surface area contributed by atoms with Gasteiger partial charge in [-0.15, -0.1) is 11.3 Å². The van der Waals surface area contributed by atoms with Crippen LogP contribution in [0.4, 0.5) is 0 Å². The van der Waals surface area contributed by atoms with Gasteiger partial charge in [-0.3, -0.25) is 9.88 Å². The maximum atomic E-state index is 4.81. The van der Waals surface area contributed by atoms with Gasteiger partial charge in [-0.1, -0.05) is 18.2 Å². The lowest BCUT2D eigenvalue weighted by molar-refractivity contribution is 0.322. The van der Waals surface area contributed by atoms with E-state index in [9.17, 15) is 0 Å². The molecule has 21 heavy (non-hydrogen) atoms. The van der Waals surface area contributed by atoms with Crippen molar-refractivity contribution in [1.29, 1.82) is 0 Å². The summed E-state index contributed by atoms with van der Waals surface area (Å²) in [5.41, 5.74) is 2.29. The van der Waals surface area contributed by atoms with Crippen molar-refractivity contribution in [3.63, 3.8) is 0 Å². The Kier molecular flexibility index (Phi) is 3.41. The summed E-state index contributed by atoms with van der Waals surface area (Å²) in [5, 5.41) is 1.29. The summed E-state index contributed by atoms with van der Waals surface area (Å²) in [6.07, 6.45) is 3.07. The summed E-state index contributed by atoms with van der Waals surface area (Å²) in [7, 11) is 0. The highest BCUT2D eigenvalue weighted by atomic mass is 32.1. The molecule has 1 atom stereocenters. The van der Waals surface area contributed by atoms with Gasteiger partial charge in [0.05, 0.1) is 20.9 Å². The van der Waals surface area contributed by atoms with Crippen LogP contribution in [0.15, 0.2) is 48.7 Å². The summed E-state index contributed by atoms with van der Waals surface area (Å²) in [6.45, 7) is 3.18. The molecule has 4 heteroatoms. The number of benzene rings is 1. The summed E-state index contributed by atoms with van der Waals surface area (Å²) in [5.74, 6) is 0.575. The highest BCUT2D eigenvalue weighted by Gasteiger charge is 2.26. The van der Waals surface area contributed by atoms with E-state index in [0.29, 0.717) is 5.92 Å². The van der Waals surface area contributed by atoms with E-state index in [1.807, 2.05) is 23.6 Å². The molecule has 0 N–H and O–H groups in total. The molecular formula is C17H17N3S. The summed E-state index contributed by atoms with van der Waals surface area (Å²) < 4.78 is 1.30. The Labute approximate surface area is 128 Å². The van der Waals surface area contributed by atoms with Gasteiger partial charge in [0.15, 0.2) is 0 Å². The number of likely N-dealkylation sites (tertiary alicyclic amines) is 1. The molecule has 1 fully saturated rings. The minimum Gasteiger partial charge on any atom is -0.297 e. The minimum atomic E-state index is 0.575. The third-order valence-corrected chi connectivity index (χ3v) is 5.24. The zero-order valence-electron chi connectivity index (χ0n) is 11.8. The smallest absolute Gasteiger partial charge is 0.0982 e. The first-order chi connectivity index (χ1) is 10.4. The van der Waals surface area contributed by atoms with Gasteiger partial charge < -0.3 is 0 Å². The molecule has 4 rings (SSSR count). The fraction of sp³-hybridized carbons (Fsp3) is 0.294. The predicted octanol–water partition coefficient (Wildman–Crippen LogP) is 3.68. The standard InChI is InChI=1S/C17H17N3S/c1-2-7-16-15(6-1)19-17(21-16)13-8-10-20(11-13)12-14-5-3-4-9-18-14/h1-7,9,13H,8,10-12H2/t13-/m0/s1. The molecule has 1 aromatic carbocycles. The number of para-hydroxylation sites is 1. The third-order valence-electron chi connectivity index (χ3n) is 4.04. The maximum Gasteiger partial charge on any atom is 0.0982 e. The number of hydrogen-bond acceptors (Lipinski definition) is 4. The average molecular weight is 295 g/mol. The first kappa shape index (κ1) is 12.9. The zero-order valence-corrected chi connectivity index (χ0v) is 12.6. The predicted molar refractivity (Wildman–Crippen MR) is 86.5 cm³/mol. The van der Waals surface area contributed by atoms with Crippen LogP contribution in [-0.2, 0) is 6.54 Å². The quantitative estimate of drug-likeness (QED) is 0.738. The topological polar surface area (TPSA) is 29.0 Å². The van der Waals surface area contributed by atoms with Gasteiger partial charge in [-0.05, 0) is 37.2 Å². The van der Waals surface area contributed by atoms with Gasteiger partial charge in [0.1, 0.15) is 0 Å². The van der Waals surface area contributed by atoms with Crippen molar-refractivity contribution in [2.75, 3.05) is 13.1 Å². The molecule has 0 spiro atoms.